The van der Waals surface area contributed by atoms with Gasteiger partial charge in [-0.2, -0.15) is 0 Å². The summed E-state index contributed by atoms with van der Waals surface area (Å²) in [6, 6.07) is -1.58. The molecule has 1 unspecified atom stereocenters. The molecule has 0 aromatic rings. The molecule has 0 saturated heterocycles. The number of rotatable bonds is 37. The predicted octanol–water partition coefficient (Wildman–Crippen LogP) is 8.87. The van der Waals surface area contributed by atoms with Gasteiger partial charge in [0.1, 0.15) is 18.4 Å². The Morgan fingerprint density at radius 1 is 0.746 bits per heavy atom. The Morgan fingerprint density at radius 2 is 1.30 bits per heavy atom. The fraction of sp³-hybridized carbons (Fsp3) is 0.625. The van der Waals surface area contributed by atoms with Crippen LogP contribution in [-0.4, -0.2) is 88.1 Å². The maximum absolute atomic E-state index is 12.7. The smallest absolute Gasteiger partial charge is 0.472 e. The molecule has 15 heteroatoms. The van der Waals surface area contributed by atoms with Gasteiger partial charge in [-0.3, -0.25) is 28.2 Å². The highest BCUT2D eigenvalue weighted by atomic mass is 31.2. The molecule has 63 heavy (non-hydrogen) atoms. The standard InChI is InChI=1S/C48H76NO13P/c1-3-5-7-8-9-10-11-12-13-14-15-16-17-18-19-20-21-22-28-32-47(54)62-40(37-60-63(57,58)61-38-43(49)48(55)56)36-59-46(53)31-27-24-23-26-30-41-42(45(52)35-44(41)51)34-33-39(50)29-25-6-4-2/h9-10,12-13,15-16,18-19,21-23,26,33-34,39-44,50-51H,3-8,11,14,17,20,24-25,27-32,35-38,49H2,1-2H3,(H,55,56)(H,57,58)/b10-9-,13-12-,16-15-,19-18-,22-21-,26-23-,34-33+/t39-,40+,41+,42+,43-,44-/m0/s1. The van der Waals surface area contributed by atoms with E-state index >= 15 is 0 Å². The molecule has 7 atom stereocenters. The molecule has 1 rings (SSSR count). The van der Waals surface area contributed by atoms with Crippen LogP contribution in [0.25, 0.3) is 0 Å². The highest BCUT2D eigenvalue weighted by molar-refractivity contribution is 7.47. The number of phosphoric ester groups is 1. The van der Waals surface area contributed by atoms with Gasteiger partial charge >= 0.3 is 25.7 Å². The van der Waals surface area contributed by atoms with E-state index in [1.807, 2.05) is 30.4 Å². The minimum Gasteiger partial charge on any atom is -0.480 e. The number of aliphatic hydroxyl groups excluding tert-OH is 2. The number of hydrogen-bond donors (Lipinski definition) is 5. The fourth-order valence-corrected chi connectivity index (χ4v) is 7.10. The number of allylic oxidation sites excluding steroid dienone is 13. The molecular weight excluding hydrogens is 829 g/mol. The van der Waals surface area contributed by atoms with E-state index < -0.39 is 75.8 Å². The second-order valence-corrected chi connectivity index (χ2v) is 17.1. The summed E-state index contributed by atoms with van der Waals surface area (Å²) in [5.74, 6) is -3.56. The first kappa shape index (κ1) is 57.3. The highest BCUT2D eigenvalue weighted by Gasteiger charge is 2.39. The van der Waals surface area contributed by atoms with Crippen molar-refractivity contribution in [3.05, 3.63) is 85.1 Å². The molecule has 0 amide bonds. The third-order valence-corrected chi connectivity index (χ3v) is 11.0. The number of carbonyl (C=O) groups excluding carboxylic acids is 3. The van der Waals surface area contributed by atoms with E-state index in [-0.39, 0.29) is 31.0 Å². The number of Topliss-reactive ketones (excluding diaryl/α,β-unsaturated/α-hetero) is 1. The van der Waals surface area contributed by atoms with Crippen LogP contribution < -0.4 is 5.73 Å². The van der Waals surface area contributed by atoms with Crippen molar-refractivity contribution in [3.63, 3.8) is 0 Å². The number of carboxylic acids is 1. The van der Waals surface area contributed by atoms with Gasteiger partial charge in [-0.1, -0.05) is 131 Å². The van der Waals surface area contributed by atoms with Crippen molar-refractivity contribution >= 4 is 31.5 Å². The highest BCUT2D eigenvalue weighted by Crippen LogP contribution is 2.43. The maximum atomic E-state index is 12.7. The fourth-order valence-electron chi connectivity index (χ4n) is 6.32. The average molecular weight is 906 g/mol. The number of aliphatic hydroxyl groups is 2. The molecule has 0 radical (unpaired) electrons. The van der Waals surface area contributed by atoms with Gasteiger partial charge in [0, 0.05) is 31.1 Å². The van der Waals surface area contributed by atoms with Crippen molar-refractivity contribution in [1.29, 1.82) is 0 Å². The number of phosphoric acid groups is 1. The van der Waals surface area contributed by atoms with E-state index in [9.17, 15) is 38.8 Å². The summed E-state index contributed by atoms with van der Waals surface area (Å²) >= 11 is 0. The van der Waals surface area contributed by atoms with Gasteiger partial charge in [0.15, 0.2) is 6.10 Å². The Bertz CT molecular complexity index is 1550. The first-order valence-corrected chi connectivity index (χ1v) is 24.2. The van der Waals surface area contributed by atoms with E-state index in [1.165, 1.54) is 19.3 Å². The van der Waals surface area contributed by atoms with Gasteiger partial charge in [0.25, 0.3) is 0 Å². The quantitative estimate of drug-likeness (QED) is 0.0170. The lowest BCUT2D eigenvalue weighted by Crippen LogP contribution is -2.34. The molecule has 0 heterocycles. The topological polar surface area (TPSA) is 229 Å². The Balaban J connectivity index is 2.55. The second kappa shape index (κ2) is 36.6. The Kier molecular flexibility index (Phi) is 33.2. The molecule has 0 aromatic heterocycles. The number of ether oxygens (including phenoxy) is 2. The van der Waals surface area contributed by atoms with E-state index in [4.69, 9.17) is 24.8 Å². The zero-order valence-corrected chi connectivity index (χ0v) is 38.5. The molecule has 1 fully saturated rings. The van der Waals surface area contributed by atoms with Crippen LogP contribution in [0.1, 0.15) is 136 Å². The molecule has 0 aliphatic heterocycles. The molecule has 0 spiro atoms. The molecule has 0 bridgehead atoms. The summed E-state index contributed by atoms with van der Waals surface area (Å²) in [5.41, 5.74) is 5.32. The predicted molar refractivity (Wildman–Crippen MR) is 245 cm³/mol. The van der Waals surface area contributed by atoms with Crippen LogP contribution in [0.3, 0.4) is 0 Å². The first-order chi connectivity index (χ1) is 30.3. The Labute approximate surface area is 375 Å². The molecule has 6 N–H and O–H groups in total. The lowest BCUT2D eigenvalue weighted by Gasteiger charge is -2.20. The van der Waals surface area contributed by atoms with E-state index in [0.717, 1.165) is 44.9 Å². The van der Waals surface area contributed by atoms with E-state index in [1.54, 1.807) is 12.2 Å². The maximum Gasteiger partial charge on any atom is 0.472 e. The van der Waals surface area contributed by atoms with Gasteiger partial charge in [-0.25, -0.2) is 4.57 Å². The van der Waals surface area contributed by atoms with Crippen molar-refractivity contribution in [1.82, 2.24) is 0 Å². The number of unbranched alkanes of at least 4 members (excludes halogenated alkanes) is 6. The summed E-state index contributed by atoms with van der Waals surface area (Å²) in [7, 11) is -4.81. The molecule has 356 valence electrons. The normalized spacial score (nSPS) is 19.7. The van der Waals surface area contributed by atoms with Gasteiger partial charge in [-0.05, 0) is 70.6 Å². The second-order valence-electron chi connectivity index (χ2n) is 15.6. The molecule has 14 nitrogen and oxygen atoms in total. The minimum absolute atomic E-state index is 0.0105. The van der Waals surface area contributed by atoms with E-state index in [2.05, 4.69) is 60.9 Å². The van der Waals surface area contributed by atoms with Crippen molar-refractivity contribution in [3.8, 4) is 0 Å². The molecule has 1 saturated carbocycles. The number of ketones is 1. The lowest BCUT2D eigenvalue weighted by molar-refractivity contribution is -0.161. The van der Waals surface area contributed by atoms with Crippen LogP contribution in [-0.2, 0) is 42.3 Å². The lowest BCUT2D eigenvalue weighted by atomic mass is 9.90. The van der Waals surface area contributed by atoms with Crippen molar-refractivity contribution in [2.24, 2.45) is 17.6 Å². The summed E-state index contributed by atoms with van der Waals surface area (Å²) in [4.78, 5) is 58.7. The third kappa shape index (κ3) is 30.9. The summed E-state index contributed by atoms with van der Waals surface area (Å²) in [5, 5.41) is 29.6. The van der Waals surface area contributed by atoms with Crippen molar-refractivity contribution in [2.45, 2.75) is 160 Å². The number of carbonyl (C=O) groups is 4. The number of carboxylic acid groups (broad SMARTS) is 1. The van der Waals surface area contributed by atoms with Crippen LogP contribution in [0, 0.1) is 11.8 Å². The zero-order chi connectivity index (χ0) is 46.6. The van der Waals surface area contributed by atoms with Crippen molar-refractivity contribution < 1.29 is 62.5 Å². The Hall–Kier alpha value is -3.75. The molecule has 1 aliphatic rings. The third-order valence-electron chi connectivity index (χ3n) is 10.0. The largest absolute Gasteiger partial charge is 0.480 e. The number of nitrogens with two attached hydrogens (primary N) is 1. The average Bonchev–Trinajstić information content (AvgIpc) is 3.52. The van der Waals surface area contributed by atoms with Crippen LogP contribution in [0.2, 0.25) is 0 Å². The van der Waals surface area contributed by atoms with Crippen LogP contribution in [0.5, 0.6) is 0 Å². The van der Waals surface area contributed by atoms with Crippen molar-refractivity contribution in [2.75, 3.05) is 19.8 Å². The number of hydrogen-bond acceptors (Lipinski definition) is 12. The van der Waals surface area contributed by atoms with Gasteiger partial charge in [-0.15, -0.1) is 0 Å². The number of esters is 2. The van der Waals surface area contributed by atoms with Gasteiger partial charge < -0.3 is 35.4 Å². The number of aliphatic carboxylic acids is 1. The minimum atomic E-state index is -4.81. The molecule has 1 aliphatic carbocycles. The van der Waals surface area contributed by atoms with Crippen LogP contribution in [0.4, 0.5) is 0 Å². The molecule has 0 aromatic carbocycles. The summed E-state index contributed by atoms with van der Waals surface area (Å²) in [6.45, 7) is 2.31. The zero-order valence-electron chi connectivity index (χ0n) is 37.6. The van der Waals surface area contributed by atoms with Gasteiger partial charge in [0.05, 0.1) is 25.4 Å². The SMILES string of the molecule is CCCCC/C=C\C/C=C\C/C=C\C/C=C\C/C=C\CCC(=O)O[C@H](COC(=O)CCC/C=C\C[C@H]1[C@@H](O)CC(=O)[C@@H]1/C=C/[C@@H](O)CCCCC)COP(=O)(O)OC[C@H](N)C(=O)O. The first-order valence-electron chi connectivity index (χ1n) is 22.7. The van der Waals surface area contributed by atoms with Crippen LogP contribution in [0.15, 0.2) is 85.1 Å². The van der Waals surface area contributed by atoms with Crippen LogP contribution >= 0.6 is 7.82 Å². The Morgan fingerprint density at radius 3 is 1.92 bits per heavy atom. The summed E-state index contributed by atoms with van der Waals surface area (Å²) < 4.78 is 32.6. The van der Waals surface area contributed by atoms with Gasteiger partial charge in [0.2, 0.25) is 0 Å². The summed E-state index contributed by atoms with van der Waals surface area (Å²) in [6.07, 6.45) is 38.9. The van der Waals surface area contributed by atoms with E-state index in [0.29, 0.717) is 38.5 Å². The monoisotopic (exact) mass is 906 g/mol. The molecular formula is C48H76NO13P.